The van der Waals surface area contributed by atoms with E-state index in [1.165, 1.54) is 11.8 Å². The van der Waals surface area contributed by atoms with Gasteiger partial charge in [0.15, 0.2) is 0 Å². The fourth-order valence-electron chi connectivity index (χ4n) is 2.06. The molecule has 1 heterocycles. The van der Waals surface area contributed by atoms with Crippen LogP contribution in [0.4, 0.5) is 0 Å². The lowest BCUT2D eigenvalue weighted by Gasteiger charge is -2.18. The fraction of sp³-hybridized carbons (Fsp3) is 0.429. The van der Waals surface area contributed by atoms with Crippen LogP contribution in [-0.4, -0.2) is 52.0 Å². The molecular formula is C14H18N2O3S. The summed E-state index contributed by atoms with van der Waals surface area (Å²) >= 11 is 1.51. The summed E-state index contributed by atoms with van der Waals surface area (Å²) in [4.78, 5) is 25.3. The van der Waals surface area contributed by atoms with Gasteiger partial charge in [0.25, 0.3) is 11.8 Å². The van der Waals surface area contributed by atoms with Crippen molar-refractivity contribution >= 4 is 23.6 Å². The van der Waals surface area contributed by atoms with Gasteiger partial charge in [-0.25, -0.2) is 0 Å². The molecule has 1 aromatic rings. The van der Waals surface area contributed by atoms with E-state index in [0.29, 0.717) is 16.9 Å². The highest BCUT2D eigenvalue weighted by Crippen LogP contribution is 2.22. The summed E-state index contributed by atoms with van der Waals surface area (Å²) in [5.41, 5.74) is 6.44. The number of nitrogens with zero attached hydrogens (tertiary/aromatic N) is 1. The zero-order chi connectivity index (χ0) is 14.7. The predicted octanol–water partition coefficient (Wildman–Crippen LogP) is 0.724. The zero-order valence-electron chi connectivity index (χ0n) is 11.3. The van der Waals surface area contributed by atoms with Gasteiger partial charge in [0.1, 0.15) is 0 Å². The van der Waals surface area contributed by atoms with Gasteiger partial charge in [0.2, 0.25) is 0 Å². The van der Waals surface area contributed by atoms with Crippen molar-refractivity contribution in [2.45, 2.75) is 19.1 Å². The molecule has 2 unspecified atom stereocenters. The first-order valence-corrected chi connectivity index (χ1v) is 7.62. The molecule has 2 amide bonds. The van der Waals surface area contributed by atoms with Gasteiger partial charge in [-0.1, -0.05) is 12.1 Å². The van der Waals surface area contributed by atoms with E-state index in [2.05, 4.69) is 0 Å². The van der Waals surface area contributed by atoms with Crippen LogP contribution in [0.2, 0.25) is 0 Å². The topological polar surface area (TPSA) is 83.6 Å². The standard InChI is InChI=1S/C14H18N2O3S/c1-9(15)7-20-8-10(17)6-16-13(18)11-4-2-3-5-12(11)14(16)19/h2-5,9-10,17H,6-8,15H2,1H3. The van der Waals surface area contributed by atoms with E-state index in [1.807, 2.05) is 6.92 Å². The maximum absolute atomic E-state index is 12.1. The van der Waals surface area contributed by atoms with E-state index in [0.717, 1.165) is 10.7 Å². The van der Waals surface area contributed by atoms with Crippen LogP contribution in [0.15, 0.2) is 24.3 Å². The van der Waals surface area contributed by atoms with Crippen LogP contribution in [0.5, 0.6) is 0 Å². The summed E-state index contributed by atoms with van der Waals surface area (Å²) in [5, 5.41) is 9.93. The maximum Gasteiger partial charge on any atom is 0.261 e. The molecule has 1 aliphatic heterocycles. The first kappa shape index (κ1) is 15.0. The van der Waals surface area contributed by atoms with Crippen LogP contribution in [0.1, 0.15) is 27.6 Å². The minimum atomic E-state index is -0.735. The predicted molar refractivity (Wildman–Crippen MR) is 78.8 cm³/mol. The van der Waals surface area contributed by atoms with Gasteiger partial charge in [0, 0.05) is 17.5 Å². The second kappa shape index (κ2) is 6.39. The van der Waals surface area contributed by atoms with Crippen LogP contribution in [-0.2, 0) is 0 Å². The van der Waals surface area contributed by atoms with Crippen molar-refractivity contribution in [1.82, 2.24) is 4.90 Å². The smallest absolute Gasteiger partial charge is 0.261 e. The Morgan fingerprint density at radius 2 is 1.75 bits per heavy atom. The van der Waals surface area contributed by atoms with Crippen LogP contribution in [0.25, 0.3) is 0 Å². The molecule has 0 aliphatic carbocycles. The molecule has 0 saturated heterocycles. The molecule has 0 saturated carbocycles. The molecule has 3 N–H and O–H groups in total. The third-order valence-electron chi connectivity index (χ3n) is 2.96. The second-order valence-corrected chi connectivity index (χ2v) is 6.01. The van der Waals surface area contributed by atoms with Crippen molar-refractivity contribution in [2.24, 2.45) is 5.73 Å². The number of hydrogen-bond donors (Lipinski definition) is 2. The Kier molecular flexibility index (Phi) is 4.80. The summed E-state index contributed by atoms with van der Waals surface area (Å²) in [6.45, 7) is 1.92. The number of carbonyl (C=O) groups is 2. The third kappa shape index (κ3) is 3.20. The van der Waals surface area contributed by atoms with Crippen molar-refractivity contribution in [3.63, 3.8) is 0 Å². The SMILES string of the molecule is CC(N)CSCC(O)CN1C(=O)c2ccccc2C1=O. The number of carbonyl (C=O) groups excluding carboxylic acids is 2. The summed E-state index contributed by atoms with van der Waals surface area (Å²) in [5.74, 6) is 0.525. The van der Waals surface area contributed by atoms with Crippen LogP contribution in [0, 0.1) is 0 Å². The number of imide groups is 1. The lowest BCUT2D eigenvalue weighted by Crippen LogP contribution is -2.38. The van der Waals surface area contributed by atoms with E-state index in [1.54, 1.807) is 24.3 Å². The molecule has 2 atom stereocenters. The highest BCUT2D eigenvalue weighted by molar-refractivity contribution is 7.99. The number of rotatable bonds is 6. The monoisotopic (exact) mass is 294 g/mol. The lowest BCUT2D eigenvalue weighted by molar-refractivity contribution is 0.0567. The number of amides is 2. The van der Waals surface area contributed by atoms with E-state index in [9.17, 15) is 14.7 Å². The Morgan fingerprint density at radius 1 is 1.20 bits per heavy atom. The molecule has 6 heteroatoms. The molecule has 108 valence electrons. The third-order valence-corrected chi connectivity index (χ3v) is 4.34. The normalized spacial score (nSPS) is 17.2. The summed E-state index contributed by atoms with van der Waals surface area (Å²) in [6.07, 6.45) is -0.735. The quantitative estimate of drug-likeness (QED) is 0.756. The first-order chi connectivity index (χ1) is 9.50. The number of fused-ring (bicyclic) bond motifs is 1. The number of nitrogens with two attached hydrogens (primary N) is 1. The summed E-state index contributed by atoms with van der Waals surface area (Å²) in [7, 11) is 0. The van der Waals surface area contributed by atoms with Gasteiger partial charge < -0.3 is 10.8 Å². The summed E-state index contributed by atoms with van der Waals surface area (Å²) < 4.78 is 0. The van der Waals surface area contributed by atoms with Gasteiger partial charge in [-0.05, 0) is 19.1 Å². The second-order valence-electron chi connectivity index (χ2n) is 4.94. The molecular weight excluding hydrogens is 276 g/mol. The van der Waals surface area contributed by atoms with Crippen molar-refractivity contribution < 1.29 is 14.7 Å². The Hall–Kier alpha value is -1.37. The van der Waals surface area contributed by atoms with Gasteiger partial charge in [0.05, 0.1) is 23.8 Å². The Morgan fingerprint density at radius 3 is 2.25 bits per heavy atom. The maximum atomic E-state index is 12.1. The molecule has 0 radical (unpaired) electrons. The number of aliphatic hydroxyl groups excluding tert-OH is 1. The van der Waals surface area contributed by atoms with Crippen LogP contribution < -0.4 is 5.73 Å². The highest BCUT2D eigenvalue weighted by Gasteiger charge is 2.35. The number of aliphatic hydroxyl groups is 1. The average Bonchev–Trinajstić information content (AvgIpc) is 2.64. The number of thioether (sulfide) groups is 1. The zero-order valence-corrected chi connectivity index (χ0v) is 12.1. The van der Waals surface area contributed by atoms with E-state index >= 15 is 0 Å². The molecule has 5 nitrogen and oxygen atoms in total. The fourth-order valence-corrected chi connectivity index (χ4v) is 2.94. The molecule has 2 rings (SSSR count). The molecule has 0 fully saturated rings. The number of β-amino-alcohol motifs (C(OH)–C–C–N with tert-alkyl or cyclic N) is 1. The molecule has 0 spiro atoms. The van der Waals surface area contributed by atoms with Gasteiger partial charge in [-0.15, -0.1) is 0 Å². The van der Waals surface area contributed by atoms with E-state index < -0.39 is 6.10 Å². The molecule has 1 aliphatic rings. The molecule has 1 aromatic carbocycles. The van der Waals surface area contributed by atoms with Crippen LogP contribution in [0.3, 0.4) is 0 Å². The Labute approximate surface area is 122 Å². The van der Waals surface area contributed by atoms with Crippen molar-refractivity contribution in [1.29, 1.82) is 0 Å². The van der Waals surface area contributed by atoms with Crippen molar-refractivity contribution in [2.75, 3.05) is 18.1 Å². The van der Waals surface area contributed by atoms with Crippen molar-refractivity contribution in [3.05, 3.63) is 35.4 Å². The van der Waals surface area contributed by atoms with E-state index in [4.69, 9.17) is 5.73 Å². The minimum Gasteiger partial charge on any atom is -0.390 e. The van der Waals surface area contributed by atoms with Crippen LogP contribution >= 0.6 is 11.8 Å². The van der Waals surface area contributed by atoms with Gasteiger partial charge in [-0.3, -0.25) is 14.5 Å². The lowest BCUT2D eigenvalue weighted by atomic mass is 10.1. The average molecular weight is 294 g/mol. The number of hydrogen-bond acceptors (Lipinski definition) is 5. The minimum absolute atomic E-state index is 0.0261. The van der Waals surface area contributed by atoms with Gasteiger partial charge >= 0.3 is 0 Å². The Bertz CT molecular complexity index is 484. The van der Waals surface area contributed by atoms with Gasteiger partial charge in [-0.2, -0.15) is 11.8 Å². The molecule has 0 aromatic heterocycles. The van der Waals surface area contributed by atoms with Crippen molar-refractivity contribution in [3.8, 4) is 0 Å². The largest absolute Gasteiger partial charge is 0.390 e. The number of benzene rings is 1. The summed E-state index contributed by atoms with van der Waals surface area (Å²) in [6, 6.07) is 6.77. The highest BCUT2D eigenvalue weighted by atomic mass is 32.2. The molecule has 20 heavy (non-hydrogen) atoms. The first-order valence-electron chi connectivity index (χ1n) is 6.47. The Balaban J connectivity index is 1.95. The van der Waals surface area contributed by atoms with E-state index in [-0.39, 0.29) is 24.4 Å². The molecule has 0 bridgehead atoms.